The Morgan fingerprint density at radius 3 is 1.90 bits per heavy atom. The summed E-state index contributed by atoms with van der Waals surface area (Å²) < 4.78 is 0. The molecule has 0 N–H and O–H groups in total. The minimum absolute atomic E-state index is 0.0787. The van der Waals surface area contributed by atoms with Crippen molar-refractivity contribution in [3.63, 3.8) is 0 Å². The fraction of sp³-hybridized carbons (Fsp3) is 0.483. The molecule has 0 aliphatic rings. The predicted octanol–water partition coefficient (Wildman–Crippen LogP) is 9.21. The van der Waals surface area contributed by atoms with Gasteiger partial charge >= 0.3 is 0 Å². The Bertz CT molecular complexity index is 784. The molecule has 168 valence electrons. The lowest BCUT2D eigenvalue weighted by atomic mass is 9.98. The second-order valence-electron chi connectivity index (χ2n) is 8.56. The Morgan fingerprint density at radius 2 is 1.32 bits per heavy atom. The molecule has 0 radical (unpaired) electrons. The zero-order valence-corrected chi connectivity index (χ0v) is 20.6. The SMILES string of the molecule is CCCCCCCCCCCCSc1ccc(/C=C/C(=O)c2c(C)cccc2C)cc1. The molecule has 2 rings (SSSR count). The van der Waals surface area contributed by atoms with Crippen LogP contribution >= 0.6 is 11.8 Å². The minimum Gasteiger partial charge on any atom is -0.289 e. The predicted molar refractivity (Wildman–Crippen MR) is 138 cm³/mol. The van der Waals surface area contributed by atoms with E-state index < -0.39 is 0 Å². The van der Waals surface area contributed by atoms with Crippen molar-refractivity contribution in [1.29, 1.82) is 0 Å². The van der Waals surface area contributed by atoms with Gasteiger partial charge in [0, 0.05) is 10.5 Å². The van der Waals surface area contributed by atoms with Crippen LogP contribution < -0.4 is 0 Å². The van der Waals surface area contributed by atoms with Crippen LogP contribution in [-0.2, 0) is 0 Å². The number of rotatable bonds is 15. The highest BCUT2D eigenvalue weighted by Crippen LogP contribution is 2.22. The number of allylic oxidation sites excluding steroid dienone is 1. The van der Waals surface area contributed by atoms with E-state index in [1.165, 1.54) is 74.9 Å². The summed E-state index contributed by atoms with van der Waals surface area (Å²) in [4.78, 5) is 13.9. The smallest absolute Gasteiger partial charge is 0.186 e. The zero-order valence-electron chi connectivity index (χ0n) is 19.8. The van der Waals surface area contributed by atoms with E-state index in [-0.39, 0.29) is 5.78 Å². The summed E-state index contributed by atoms with van der Waals surface area (Å²) in [6, 6.07) is 14.5. The molecule has 0 aliphatic heterocycles. The van der Waals surface area contributed by atoms with Crippen LogP contribution in [0.2, 0.25) is 0 Å². The monoisotopic (exact) mass is 436 g/mol. The molecule has 0 aromatic heterocycles. The van der Waals surface area contributed by atoms with E-state index in [4.69, 9.17) is 0 Å². The Morgan fingerprint density at radius 1 is 0.774 bits per heavy atom. The van der Waals surface area contributed by atoms with Gasteiger partial charge in [-0.3, -0.25) is 4.79 Å². The van der Waals surface area contributed by atoms with Crippen LogP contribution in [0.4, 0.5) is 0 Å². The maximum Gasteiger partial charge on any atom is 0.186 e. The van der Waals surface area contributed by atoms with E-state index in [0.717, 1.165) is 22.3 Å². The lowest BCUT2D eigenvalue weighted by Crippen LogP contribution is -2.00. The molecule has 2 aromatic carbocycles. The van der Waals surface area contributed by atoms with Gasteiger partial charge in [0.25, 0.3) is 0 Å². The normalized spacial score (nSPS) is 11.3. The van der Waals surface area contributed by atoms with Gasteiger partial charge in [-0.05, 0) is 60.9 Å². The number of carbonyl (C=O) groups excluding carboxylic acids is 1. The van der Waals surface area contributed by atoms with Crippen molar-refractivity contribution >= 4 is 23.6 Å². The molecule has 2 aromatic rings. The fourth-order valence-electron chi connectivity index (χ4n) is 3.91. The summed E-state index contributed by atoms with van der Waals surface area (Å²) in [6.07, 6.45) is 17.5. The van der Waals surface area contributed by atoms with Gasteiger partial charge in [0.15, 0.2) is 5.78 Å². The number of hydrogen-bond donors (Lipinski definition) is 0. The number of aryl methyl sites for hydroxylation is 2. The summed E-state index contributed by atoms with van der Waals surface area (Å²) >= 11 is 1.94. The first-order chi connectivity index (χ1) is 15.1. The highest BCUT2D eigenvalue weighted by molar-refractivity contribution is 7.99. The Hall–Kier alpha value is -1.80. The highest BCUT2D eigenvalue weighted by Gasteiger charge is 2.08. The summed E-state index contributed by atoms with van der Waals surface area (Å²) in [5.74, 6) is 1.27. The van der Waals surface area contributed by atoms with Crippen LogP contribution in [0.5, 0.6) is 0 Å². The van der Waals surface area contributed by atoms with Gasteiger partial charge in [-0.25, -0.2) is 0 Å². The molecule has 0 saturated carbocycles. The summed E-state index contributed by atoms with van der Waals surface area (Å²) in [5, 5.41) is 0. The fourth-order valence-corrected chi connectivity index (χ4v) is 4.83. The lowest BCUT2D eigenvalue weighted by Gasteiger charge is -2.05. The standard InChI is InChI=1S/C29H40OS/c1-4-5-6-7-8-9-10-11-12-13-23-31-27-20-17-26(18-21-27)19-22-28(30)29-24(2)15-14-16-25(29)3/h14-22H,4-13,23H2,1-3H3/b22-19+. The average Bonchev–Trinajstić information content (AvgIpc) is 2.77. The number of unbranched alkanes of at least 4 members (excludes halogenated alkanes) is 9. The minimum atomic E-state index is 0.0787. The van der Waals surface area contributed by atoms with E-state index in [2.05, 4.69) is 31.2 Å². The Kier molecular flexibility index (Phi) is 12.4. The number of carbonyl (C=O) groups is 1. The third-order valence-electron chi connectivity index (χ3n) is 5.80. The zero-order chi connectivity index (χ0) is 22.3. The first-order valence-electron chi connectivity index (χ1n) is 12.1. The first kappa shape index (κ1) is 25.5. The molecule has 0 spiro atoms. The summed E-state index contributed by atoms with van der Waals surface area (Å²) in [6.45, 7) is 6.27. The van der Waals surface area contributed by atoms with Crippen LogP contribution in [0.1, 0.15) is 98.2 Å². The van der Waals surface area contributed by atoms with Gasteiger partial charge in [-0.15, -0.1) is 11.8 Å². The van der Waals surface area contributed by atoms with E-state index in [1.807, 2.05) is 49.9 Å². The number of hydrogen-bond acceptors (Lipinski definition) is 2. The van der Waals surface area contributed by atoms with Gasteiger partial charge < -0.3 is 0 Å². The largest absolute Gasteiger partial charge is 0.289 e. The van der Waals surface area contributed by atoms with Gasteiger partial charge in [0.2, 0.25) is 0 Å². The summed E-state index contributed by atoms with van der Waals surface area (Å²) in [7, 11) is 0. The molecule has 0 saturated heterocycles. The second-order valence-corrected chi connectivity index (χ2v) is 9.73. The molecular formula is C29H40OS. The molecule has 0 bridgehead atoms. The Labute approximate surface area is 194 Å². The molecular weight excluding hydrogens is 396 g/mol. The van der Waals surface area contributed by atoms with Crippen LogP contribution in [0.15, 0.2) is 53.4 Å². The van der Waals surface area contributed by atoms with Crippen molar-refractivity contribution in [2.75, 3.05) is 5.75 Å². The number of thioether (sulfide) groups is 1. The molecule has 0 atom stereocenters. The average molecular weight is 437 g/mol. The van der Waals surface area contributed by atoms with Crippen LogP contribution in [0.3, 0.4) is 0 Å². The molecule has 0 aliphatic carbocycles. The van der Waals surface area contributed by atoms with Crippen molar-refractivity contribution in [2.45, 2.75) is 89.9 Å². The molecule has 1 nitrogen and oxygen atoms in total. The van der Waals surface area contributed by atoms with E-state index in [0.29, 0.717) is 0 Å². The third kappa shape index (κ3) is 9.91. The van der Waals surface area contributed by atoms with Gasteiger partial charge in [0.05, 0.1) is 0 Å². The highest BCUT2D eigenvalue weighted by atomic mass is 32.2. The van der Waals surface area contributed by atoms with Gasteiger partial charge in [-0.1, -0.05) is 101 Å². The number of ketones is 1. The molecule has 0 fully saturated rings. The first-order valence-corrected chi connectivity index (χ1v) is 13.1. The quantitative estimate of drug-likeness (QED) is 0.120. The van der Waals surface area contributed by atoms with E-state index >= 15 is 0 Å². The van der Waals surface area contributed by atoms with Gasteiger partial charge in [0.1, 0.15) is 0 Å². The van der Waals surface area contributed by atoms with Crippen LogP contribution in [0.25, 0.3) is 6.08 Å². The molecule has 0 amide bonds. The van der Waals surface area contributed by atoms with Crippen LogP contribution in [0, 0.1) is 13.8 Å². The maximum absolute atomic E-state index is 12.6. The van der Waals surface area contributed by atoms with Crippen molar-refractivity contribution in [3.05, 3.63) is 70.8 Å². The third-order valence-corrected chi connectivity index (χ3v) is 6.90. The van der Waals surface area contributed by atoms with Crippen molar-refractivity contribution in [2.24, 2.45) is 0 Å². The van der Waals surface area contributed by atoms with Crippen molar-refractivity contribution < 1.29 is 4.79 Å². The van der Waals surface area contributed by atoms with E-state index in [1.54, 1.807) is 6.08 Å². The molecule has 0 heterocycles. The number of benzene rings is 2. The van der Waals surface area contributed by atoms with Crippen molar-refractivity contribution in [3.8, 4) is 0 Å². The lowest BCUT2D eigenvalue weighted by molar-refractivity contribution is 0.104. The Balaban J connectivity index is 1.64. The second kappa shape index (κ2) is 15.1. The topological polar surface area (TPSA) is 17.1 Å². The van der Waals surface area contributed by atoms with E-state index in [9.17, 15) is 4.79 Å². The summed E-state index contributed by atoms with van der Waals surface area (Å²) in [5.41, 5.74) is 3.96. The molecule has 31 heavy (non-hydrogen) atoms. The van der Waals surface area contributed by atoms with Crippen molar-refractivity contribution in [1.82, 2.24) is 0 Å². The maximum atomic E-state index is 12.6. The molecule has 2 heteroatoms. The molecule has 0 unspecified atom stereocenters. The van der Waals surface area contributed by atoms with Gasteiger partial charge in [-0.2, -0.15) is 0 Å². The van der Waals surface area contributed by atoms with Crippen LogP contribution in [-0.4, -0.2) is 11.5 Å².